The maximum atomic E-state index is 2.38. The molecule has 7 aromatic carbocycles. The monoisotopic (exact) mass is 604 g/mol. The molecule has 0 saturated heterocycles. The van der Waals surface area contributed by atoms with E-state index in [1.54, 1.807) is 0 Å². The summed E-state index contributed by atoms with van der Waals surface area (Å²) in [7, 11) is 0. The van der Waals surface area contributed by atoms with Gasteiger partial charge in [-0.05, 0) is 82.9 Å². The summed E-state index contributed by atoms with van der Waals surface area (Å²) in [5.74, 6) is 0. The van der Waals surface area contributed by atoms with Crippen LogP contribution >= 0.6 is 0 Å². The zero-order valence-electron chi connectivity index (χ0n) is 26.8. The minimum Gasteiger partial charge on any atom is -0.309 e. The highest BCUT2D eigenvalue weighted by Gasteiger charge is 2.15. The lowest BCUT2D eigenvalue weighted by Gasteiger charge is -2.10. The van der Waals surface area contributed by atoms with Gasteiger partial charge in [0.05, 0.1) is 22.1 Å². The summed E-state index contributed by atoms with van der Waals surface area (Å²) in [6.45, 7) is 4.25. The van der Waals surface area contributed by atoms with Gasteiger partial charge in [0.1, 0.15) is 0 Å². The van der Waals surface area contributed by atoms with E-state index in [0.29, 0.717) is 0 Å². The van der Waals surface area contributed by atoms with Crippen molar-refractivity contribution in [3.05, 3.63) is 170 Å². The molecular weight excluding hydrogens is 569 g/mol. The van der Waals surface area contributed by atoms with Gasteiger partial charge < -0.3 is 9.13 Å². The first kappa shape index (κ1) is 28.6. The first-order chi connectivity index (χ1) is 23.2. The fourth-order valence-electron chi connectivity index (χ4n) is 6.89. The number of hydrogen-bond donors (Lipinski definition) is 0. The smallest absolute Gasteiger partial charge is 0.0547 e. The molecule has 0 aliphatic carbocycles. The molecule has 0 amide bonds. The van der Waals surface area contributed by atoms with Crippen LogP contribution in [0.3, 0.4) is 0 Å². The number of rotatable bonds is 4. The molecule has 0 N–H and O–H groups in total. The SMILES string of the molecule is CCC.c1ccc(-n2c3ccccc3c3cc(-c4cccc(-c5ccc6c7ccccc7n(-c7ccccc7)c6c5)c4)ccc32)cc1. The van der Waals surface area contributed by atoms with Gasteiger partial charge in [0.2, 0.25) is 0 Å². The molecule has 0 fully saturated rings. The maximum Gasteiger partial charge on any atom is 0.0547 e. The number of aromatic nitrogens is 2. The van der Waals surface area contributed by atoms with Gasteiger partial charge in [-0.2, -0.15) is 0 Å². The Morgan fingerprint density at radius 3 is 1.36 bits per heavy atom. The molecule has 0 bridgehead atoms. The van der Waals surface area contributed by atoms with Crippen LogP contribution in [-0.4, -0.2) is 9.13 Å². The highest BCUT2D eigenvalue weighted by Crippen LogP contribution is 2.38. The van der Waals surface area contributed by atoms with E-state index in [4.69, 9.17) is 0 Å². The van der Waals surface area contributed by atoms with Gasteiger partial charge >= 0.3 is 0 Å². The number of para-hydroxylation sites is 4. The Kier molecular flexibility index (Phi) is 7.39. The largest absolute Gasteiger partial charge is 0.309 e. The van der Waals surface area contributed by atoms with E-state index < -0.39 is 0 Å². The number of nitrogens with zero attached hydrogens (tertiary/aromatic N) is 2. The second kappa shape index (κ2) is 12.2. The highest BCUT2D eigenvalue weighted by atomic mass is 15.0. The molecule has 226 valence electrons. The van der Waals surface area contributed by atoms with E-state index in [2.05, 4.69) is 193 Å². The van der Waals surface area contributed by atoms with Crippen LogP contribution in [0, 0.1) is 0 Å². The fraction of sp³-hybridized carbons (Fsp3) is 0.0667. The van der Waals surface area contributed by atoms with E-state index in [1.165, 1.54) is 83.7 Å². The van der Waals surface area contributed by atoms with Crippen LogP contribution in [0.15, 0.2) is 170 Å². The van der Waals surface area contributed by atoms with Gasteiger partial charge in [-0.1, -0.05) is 129 Å². The van der Waals surface area contributed by atoms with E-state index in [1.807, 2.05) is 0 Å². The summed E-state index contributed by atoms with van der Waals surface area (Å²) < 4.78 is 4.75. The van der Waals surface area contributed by atoms with Crippen molar-refractivity contribution in [1.29, 1.82) is 0 Å². The van der Waals surface area contributed by atoms with E-state index >= 15 is 0 Å². The van der Waals surface area contributed by atoms with Crippen molar-refractivity contribution < 1.29 is 0 Å². The molecule has 0 radical (unpaired) electrons. The Bertz CT molecular complexity index is 2500. The molecule has 9 rings (SSSR count). The molecule has 0 spiro atoms. The lowest BCUT2D eigenvalue weighted by atomic mass is 9.97. The zero-order chi connectivity index (χ0) is 31.7. The zero-order valence-corrected chi connectivity index (χ0v) is 26.8. The van der Waals surface area contributed by atoms with Crippen molar-refractivity contribution in [2.24, 2.45) is 0 Å². The molecule has 0 unspecified atom stereocenters. The van der Waals surface area contributed by atoms with Crippen molar-refractivity contribution in [3.8, 4) is 33.6 Å². The first-order valence-electron chi connectivity index (χ1n) is 16.5. The molecule has 2 aromatic heterocycles. The van der Waals surface area contributed by atoms with Crippen LogP contribution in [0.1, 0.15) is 20.3 Å². The summed E-state index contributed by atoms with van der Waals surface area (Å²) in [5.41, 5.74) is 12.1. The second-order valence-electron chi connectivity index (χ2n) is 12.1. The van der Waals surface area contributed by atoms with Gasteiger partial charge in [-0.15, -0.1) is 0 Å². The van der Waals surface area contributed by atoms with E-state index in [0.717, 1.165) is 0 Å². The summed E-state index contributed by atoms with van der Waals surface area (Å²) in [6, 6.07) is 61.4. The molecular formula is C45H36N2. The Labute approximate surface area is 275 Å². The van der Waals surface area contributed by atoms with Crippen molar-refractivity contribution >= 4 is 43.6 Å². The van der Waals surface area contributed by atoms with Crippen molar-refractivity contribution in [1.82, 2.24) is 9.13 Å². The van der Waals surface area contributed by atoms with Gasteiger partial charge in [0.25, 0.3) is 0 Å². The normalized spacial score (nSPS) is 11.3. The van der Waals surface area contributed by atoms with E-state index in [-0.39, 0.29) is 0 Å². The van der Waals surface area contributed by atoms with Gasteiger partial charge in [0, 0.05) is 32.9 Å². The highest BCUT2D eigenvalue weighted by molar-refractivity contribution is 6.11. The molecule has 0 aliphatic heterocycles. The third-order valence-corrected chi connectivity index (χ3v) is 8.90. The summed E-state index contributed by atoms with van der Waals surface area (Å²) in [6.07, 6.45) is 1.25. The average molecular weight is 605 g/mol. The van der Waals surface area contributed by atoms with Crippen molar-refractivity contribution in [2.75, 3.05) is 0 Å². The Hall–Kier alpha value is -5.86. The number of fused-ring (bicyclic) bond motifs is 6. The number of benzene rings is 7. The van der Waals surface area contributed by atoms with Crippen LogP contribution in [0.25, 0.3) is 77.2 Å². The quantitative estimate of drug-likeness (QED) is 0.189. The van der Waals surface area contributed by atoms with Crippen LogP contribution in [0.4, 0.5) is 0 Å². The topological polar surface area (TPSA) is 9.86 Å². The third kappa shape index (κ3) is 4.99. The second-order valence-corrected chi connectivity index (χ2v) is 12.1. The third-order valence-electron chi connectivity index (χ3n) is 8.90. The first-order valence-corrected chi connectivity index (χ1v) is 16.5. The molecule has 2 heteroatoms. The minimum atomic E-state index is 1.17. The molecule has 0 saturated carbocycles. The average Bonchev–Trinajstić information content (AvgIpc) is 3.65. The van der Waals surface area contributed by atoms with Crippen molar-refractivity contribution in [2.45, 2.75) is 20.3 Å². The van der Waals surface area contributed by atoms with Crippen LogP contribution in [0.5, 0.6) is 0 Å². The van der Waals surface area contributed by atoms with Gasteiger partial charge in [0.15, 0.2) is 0 Å². The van der Waals surface area contributed by atoms with Crippen molar-refractivity contribution in [3.63, 3.8) is 0 Å². The summed E-state index contributed by atoms with van der Waals surface area (Å²) >= 11 is 0. The molecule has 9 aromatic rings. The van der Waals surface area contributed by atoms with Crippen LogP contribution in [-0.2, 0) is 0 Å². The van der Waals surface area contributed by atoms with Crippen LogP contribution in [0.2, 0.25) is 0 Å². The van der Waals surface area contributed by atoms with E-state index in [9.17, 15) is 0 Å². The maximum absolute atomic E-state index is 2.38. The molecule has 0 atom stereocenters. The fourth-order valence-corrected chi connectivity index (χ4v) is 6.89. The van der Waals surface area contributed by atoms with Gasteiger partial charge in [-0.3, -0.25) is 0 Å². The Balaban J connectivity index is 0.00000104. The summed E-state index contributed by atoms with van der Waals surface area (Å²) in [5, 5.41) is 5.07. The Morgan fingerprint density at radius 2 is 0.745 bits per heavy atom. The Morgan fingerprint density at radius 1 is 0.319 bits per heavy atom. The lowest BCUT2D eigenvalue weighted by Crippen LogP contribution is -1.93. The molecule has 2 heterocycles. The molecule has 47 heavy (non-hydrogen) atoms. The standard InChI is InChI=1S/C42H28N2.C3H8/c1-3-14-33(15-4-1)43-40-21-10-8-19-36(40)38-27-31(23-25-41(38)43)29-12-11-13-30(26-29)32-22-24-37-35-18-7-9-20-39(35)44(42(37)28-32)34-16-5-2-6-17-34;1-3-2/h1-28H;3H2,1-2H3. The predicted molar refractivity (Wildman–Crippen MR) is 202 cm³/mol. The minimum absolute atomic E-state index is 1.17. The van der Waals surface area contributed by atoms with Crippen LogP contribution < -0.4 is 0 Å². The van der Waals surface area contributed by atoms with Gasteiger partial charge in [-0.25, -0.2) is 0 Å². The predicted octanol–water partition coefficient (Wildman–Crippen LogP) is 12.6. The lowest BCUT2D eigenvalue weighted by molar-refractivity contribution is 1.09. The number of hydrogen-bond acceptors (Lipinski definition) is 0. The summed E-state index contributed by atoms with van der Waals surface area (Å²) in [4.78, 5) is 0. The molecule has 0 aliphatic rings. The molecule has 2 nitrogen and oxygen atoms in total.